The number of piperidine rings is 1. The quantitative estimate of drug-likeness (QED) is 0.854. The molecule has 8 heteroatoms. The maximum Gasteiger partial charge on any atom is 0.318 e. The highest BCUT2D eigenvalue weighted by Crippen LogP contribution is 2.15. The van der Waals surface area contributed by atoms with Gasteiger partial charge in [-0.2, -0.15) is 4.98 Å². The van der Waals surface area contributed by atoms with Crippen molar-refractivity contribution in [2.45, 2.75) is 46.2 Å². The molecule has 1 aliphatic rings. The third kappa shape index (κ3) is 4.88. The van der Waals surface area contributed by atoms with Crippen LogP contribution in [0.25, 0.3) is 0 Å². The number of rotatable bonds is 5. The summed E-state index contributed by atoms with van der Waals surface area (Å²) in [7, 11) is 0. The Kier molecular flexibility index (Phi) is 6.28. The molecule has 28 heavy (non-hydrogen) atoms. The van der Waals surface area contributed by atoms with Gasteiger partial charge in [-0.25, -0.2) is 4.79 Å². The highest BCUT2D eigenvalue weighted by molar-refractivity contribution is 5.94. The molecule has 0 bridgehead atoms. The summed E-state index contributed by atoms with van der Waals surface area (Å²) in [6.45, 7) is 7.74. The fourth-order valence-electron chi connectivity index (χ4n) is 3.27. The summed E-state index contributed by atoms with van der Waals surface area (Å²) in [5, 5.41) is 6.81. The first kappa shape index (κ1) is 19.9. The van der Waals surface area contributed by atoms with Gasteiger partial charge in [0, 0.05) is 31.2 Å². The van der Waals surface area contributed by atoms with E-state index in [1.165, 1.54) is 0 Å². The number of carbonyl (C=O) groups is 2. The van der Waals surface area contributed by atoms with Crippen LogP contribution in [0.2, 0.25) is 0 Å². The molecule has 1 aliphatic heterocycles. The molecule has 150 valence electrons. The molecule has 0 spiro atoms. The molecule has 1 N–H and O–H groups in total. The molecule has 0 unspecified atom stereocenters. The Hall–Kier alpha value is -2.90. The molecule has 2 aromatic rings. The normalized spacial score (nSPS) is 14.8. The predicted octanol–water partition coefficient (Wildman–Crippen LogP) is 2.52. The number of hydrogen-bond acceptors (Lipinski definition) is 5. The Morgan fingerprint density at radius 1 is 1.21 bits per heavy atom. The number of aromatic nitrogens is 2. The zero-order valence-corrected chi connectivity index (χ0v) is 16.6. The Balaban J connectivity index is 1.49. The third-order valence-electron chi connectivity index (χ3n) is 4.97. The molecule has 1 saturated heterocycles. The lowest BCUT2D eigenvalue weighted by molar-refractivity contribution is 0.0706. The SMILES string of the molecule is CCN(Cc1nc(C)no1)C(=O)NC1CCN(C(=O)c2ccc(C)cc2)CC1. The molecule has 0 aliphatic carbocycles. The van der Waals surface area contributed by atoms with Gasteiger partial charge >= 0.3 is 6.03 Å². The molecule has 3 rings (SSSR count). The van der Waals surface area contributed by atoms with E-state index in [1.54, 1.807) is 11.8 Å². The van der Waals surface area contributed by atoms with E-state index in [4.69, 9.17) is 4.52 Å². The summed E-state index contributed by atoms with van der Waals surface area (Å²) in [5.74, 6) is 1.02. The van der Waals surface area contributed by atoms with Crippen molar-refractivity contribution in [3.8, 4) is 0 Å². The first-order valence-corrected chi connectivity index (χ1v) is 9.67. The summed E-state index contributed by atoms with van der Waals surface area (Å²) >= 11 is 0. The average molecular weight is 385 g/mol. The summed E-state index contributed by atoms with van der Waals surface area (Å²) in [6.07, 6.45) is 1.47. The van der Waals surface area contributed by atoms with Gasteiger partial charge in [0.15, 0.2) is 5.82 Å². The summed E-state index contributed by atoms with van der Waals surface area (Å²) in [4.78, 5) is 32.8. The van der Waals surface area contributed by atoms with Crippen LogP contribution in [0.5, 0.6) is 0 Å². The van der Waals surface area contributed by atoms with Crippen molar-refractivity contribution < 1.29 is 14.1 Å². The first-order chi connectivity index (χ1) is 13.5. The molecule has 8 nitrogen and oxygen atoms in total. The molecular formula is C20H27N5O3. The Bertz CT molecular complexity index is 810. The molecule has 1 aromatic heterocycles. The van der Waals surface area contributed by atoms with Crippen LogP contribution in [0.15, 0.2) is 28.8 Å². The number of likely N-dealkylation sites (tertiary alicyclic amines) is 1. The van der Waals surface area contributed by atoms with Crippen molar-refractivity contribution in [3.63, 3.8) is 0 Å². The van der Waals surface area contributed by atoms with E-state index in [-0.39, 0.29) is 24.5 Å². The van der Waals surface area contributed by atoms with Gasteiger partial charge in [0.25, 0.3) is 5.91 Å². The number of aryl methyl sites for hydroxylation is 2. The monoisotopic (exact) mass is 385 g/mol. The van der Waals surface area contributed by atoms with Gasteiger partial charge in [-0.05, 0) is 45.7 Å². The minimum atomic E-state index is -0.151. The van der Waals surface area contributed by atoms with E-state index in [9.17, 15) is 9.59 Å². The van der Waals surface area contributed by atoms with Crippen molar-refractivity contribution in [3.05, 3.63) is 47.1 Å². The second-order valence-electron chi connectivity index (χ2n) is 7.13. The lowest BCUT2D eigenvalue weighted by atomic mass is 10.0. The van der Waals surface area contributed by atoms with Crippen molar-refractivity contribution in [1.29, 1.82) is 0 Å². The number of urea groups is 1. The summed E-state index contributed by atoms with van der Waals surface area (Å²) in [5.41, 5.74) is 1.84. The standard InChI is InChI=1S/C20H27N5O3/c1-4-24(13-18-21-15(3)23-28-18)20(27)22-17-9-11-25(12-10-17)19(26)16-7-5-14(2)6-8-16/h5-8,17H,4,9-13H2,1-3H3,(H,22,27). The Labute approximate surface area is 164 Å². The van der Waals surface area contributed by atoms with Crippen LogP contribution in [0.4, 0.5) is 4.79 Å². The van der Waals surface area contributed by atoms with Gasteiger partial charge in [0.1, 0.15) is 6.54 Å². The van der Waals surface area contributed by atoms with Crippen molar-refractivity contribution in [1.82, 2.24) is 25.3 Å². The lowest BCUT2D eigenvalue weighted by Crippen LogP contribution is -2.50. The predicted molar refractivity (Wildman–Crippen MR) is 104 cm³/mol. The van der Waals surface area contributed by atoms with E-state index < -0.39 is 0 Å². The second kappa shape index (κ2) is 8.86. The van der Waals surface area contributed by atoms with Crippen LogP contribution in [-0.2, 0) is 6.54 Å². The topological polar surface area (TPSA) is 91.6 Å². The average Bonchev–Trinajstić information content (AvgIpc) is 3.11. The number of hydrogen-bond donors (Lipinski definition) is 1. The van der Waals surface area contributed by atoms with E-state index in [1.807, 2.05) is 43.0 Å². The van der Waals surface area contributed by atoms with E-state index in [0.29, 0.717) is 36.9 Å². The van der Waals surface area contributed by atoms with Crippen LogP contribution in [-0.4, -0.2) is 57.6 Å². The van der Waals surface area contributed by atoms with Gasteiger partial charge in [-0.3, -0.25) is 4.79 Å². The van der Waals surface area contributed by atoms with Gasteiger partial charge in [0.2, 0.25) is 5.89 Å². The highest BCUT2D eigenvalue weighted by atomic mass is 16.5. The molecule has 3 amide bonds. The number of benzene rings is 1. The number of nitrogens with zero attached hydrogens (tertiary/aromatic N) is 4. The molecule has 1 aromatic carbocycles. The largest absolute Gasteiger partial charge is 0.338 e. The lowest BCUT2D eigenvalue weighted by Gasteiger charge is -2.33. The van der Waals surface area contributed by atoms with Gasteiger partial charge < -0.3 is 19.6 Å². The maximum absolute atomic E-state index is 12.6. The number of amides is 3. The molecule has 0 radical (unpaired) electrons. The van der Waals surface area contributed by atoms with Crippen molar-refractivity contribution in [2.24, 2.45) is 0 Å². The van der Waals surface area contributed by atoms with E-state index in [0.717, 1.165) is 18.4 Å². The van der Waals surface area contributed by atoms with Gasteiger partial charge in [-0.1, -0.05) is 22.9 Å². The van der Waals surface area contributed by atoms with E-state index in [2.05, 4.69) is 15.5 Å². The van der Waals surface area contributed by atoms with Crippen LogP contribution in [0, 0.1) is 13.8 Å². The summed E-state index contributed by atoms with van der Waals surface area (Å²) < 4.78 is 5.10. The fourth-order valence-corrected chi connectivity index (χ4v) is 3.27. The van der Waals surface area contributed by atoms with Gasteiger partial charge in [-0.15, -0.1) is 0 Å². The number of nitrogens with one attached hydrogen (secondary N) is 1. The molecule has 0 atom stereocenters. The first-order valence-electron chi connectivity index (χ1n) is 9.67. The van der Waals surface area contributed by atoms with Crippen molar-refractivity contribution >= 4 is 11.9 Å². The molecule has 2 heterocycles. The van der Waals surface area contributed by atoms with Crippen LogP contribution in [0.3, 0.4) is 0 Å². The van der Waals surface area contributed by atoms with Crippen LogP contribution < -0.4 is 5.32 Å². The second-order valence-corrected chi connectivity index (χ2v) is 7.13. The smallest absolute Gasteiger partial charge is 0.318 e. The van der Waals surface area contributed by atoms with Gasteiger partial charge in [0.05, 0.1) is 0 Å². The molecule has 0 saturated carbocycles. The maximum atomic E-state index is 12.6. The zero-order chi connectivity index (χ0) is 20.1. The Morgan fingerprint density at radius 2 is 1.89 bits per heavy atom. The minimum absolute atomic E-state index is 0.0479. The minimum Gasteiger partial charge on any atom is -0.338 e. The van der Waals surface area contributed by atoms with Crippen LogP contribution >= 0.6 is 0 Å². The highest BCUT2D eigenvalue weighted by Gasteiger charge is 2.26. The summed E-state index contributed by atoms with van der Waals surface area (Å²) in [6, 6.07) is 7.53. The third-order valence-corrected chi connectivity index (χ3v) is 4.97. The Morgan fingerprint density at radius 3 is 2.46 bits per heavy atom. The van der Waals surface area contributed by atoms with Crippen LogP contribution in [0.1, 0.15) is 47.4 Å². The number of carbonyl (C=O) groups excluding carboxylic acids is 2. The van der Waals surface area contributed by atoms with Crippen molar-refractivity contribution in [2.75, 3.05) is 19.6 Å². The fraction of sp³-hybridized carbons (Fsp3) is 0.500. The zero-order valence-electron chi connectivity index (χ0n) is 16.6. The molecular weight excluding hydrogens is 358 g/mol. The van der Waals surface area contributed by atoms with E-state index >= 15 is 0 Å². The molecule has 1 fully saturated rings.